The van der Waals surface area contributed by atoms with Crippen LogP contribution < -0.4 is 5.32 Å². The van der Waals surface area contributed by atoms with Crippen molar-refractivity contribution in [3.63, 3.8) is 0 Å². The van der Waals surface area contributed by atoms with Gasteiger partial charge in [-0.05, 0) is 43.5 Å². The molecule has 2 atom stereocenters. The zero-order chi connectivity index (χ0) is 18.6. The van der Waals surface area contributed by atoms with Crippen LogP contribution in [0.1, 0.15) is 17.5 Å². The Bertz CT molecular complexity index is 807. The Morgan fingerprint density at radius 1 is 1.12 bits per heavy atom. The van der Waals surface area contributed by atoms with Gasteiger partial charge in [0.15, 0.2) is 0 Å². The molecule has 0 amide bonds. The highest BCUT2D eigenvalue weighted by Crippen LogP contribution is 2.30. The van der Waals surface area contributed by atoms with Crippen molar-refractivity contribution in [2.24, 2.45) is 5.92 Å². The maximum absolute atomic E-state index is 10.5. The number of aryl methyl sites for hydroxylation is 1. The van der Waals surface area contributed by atoms with Gasteiger partial charge in [-0.3, -0.25) is 9.45 Å². The zero-order valence-electron chi connectivity index (χ0n) is 15.0. The average molecular weight is 375 g/mol. The highest BCUT2D eigenvalue weighted by molar-refractivity contribution is 7.85. The number of benzene rings is 2. The van der Waals surface area contributed by atoms with Crippen LogP contribution >= 0.6 is 0 Å². The predicted octanol–water partition coefficient (Wildman–Crippen LogP) is 2.72. The number of hydrogen-bond acceptors (Lipinski definition) is 4. The van der Waals surface area contributed by atoms with Gasteiger partial charge in [-0.15, -0.1) is 0 Å². The Morgan fingerprint density at radius 2 is 1.81 bits per heavy atom. The molecule has 2 aromatic carbocycles. The monoisotopic (exact) mass is 374 g/mol. The normalized spacial score (nSPS) is 22.5. The lowest BCUT2D eigenvalue weighted by atomic mass is 9.83. The van der Waals surface area contributed by atoms with Crippen molar-refractivity contribution < 1.29 is 13.0 Å². The molecular weight excluding hydrogens is 348 g/mol. The maximum Gasteiger partial charge on any atom is 0.294 e. The van der Waals surface area contributed by atoms with E-state index in [2.05, 4.69) is 40.5 Å². The molecule has 2 N–H and O–H groups in total. The molecular formula is C20H26N2O3S. The Morgan fingerprint density at radius 3 is 2.42 bits per heavy atom. The molecule has 0 aliphatic carbocycles. The van der Waals surface area contributed by atoms with Crippen molar-refractivity contribution in [2.45, 2.75) is 30.8 Å². The van der Waals surface area contributed by atoms with Gasteiger partial charge < -0.3 is 5.32 Å². The van der Waals surface area contributed by atoms with Gasteiger partial charge in [0.25, 0.3) is 10.1 Å². The first kappa shape index (κ1) is 19.0. The lowest BCUT2D eigenvalue weighted by Gasteiger charge is -2.51. The zero-order valence-corrected chi connectivity index (χ0v) is 15.8. The summed E-state index contributed by atoms with van der Waals surface area (Å²) >= 11 is 0. The quantitative estimate of drug-likeness (QED) is 0.809. The third kappa shape index (κ3) is 4.92. The molecule has 2 aromatic rings. The van der Waals surface area contributed by atoms with E-state index < -0.39 is 10.1 Å². The van der Waals surface area contributed by atoms with Gasteiger partial charge in [0, 0.05) is 25.7 Å². The second kappa shape index (κ2) is 8.31. The van der Waals surface area contributed by atoms with Gasteiger partial charge in [0.1, 0.15) is 0 Å². The topological polar surface area (TPSA) is 69.6 Å². The molecule has 0 unspecified atom stereocenters. The smallest absolute Gasteiger partial charge is 0.294 e. The standard InChI is InChI=1S/C13H18N2.C7H8O3S/c1-2-4-11(5-3-1)9-15-10-12-6-7-14-8-13(12)15;1-6-2-4-7(5-3-6)11(8,9)10/h1-5,12-14H,6-10H2;2-5H,1H3,(H,8,9,10)/t12-,13-;/m1./s1. The van der Waals surface area contributed by atoms with Gasteiger partial charge in [-0.1, -0.05) is 48.0 Å². The molecule has 0 spiro atoms. The molecule has 4 rings (SSSR count). The highest BCUT2D eigenvalue weighted by atomic mass is 32.2. The SMILES string of the molecule is Cc1ccc(S(=O)(=O)O)cc1.c1ccc(CN2C[C@H]3CCNC[C@H]32)cc1. The maximum atomic E-state index is 10.5. The molecule has 0 saturated carbocycles. The minimum Gasteiger partial charge on any atom is -0.315 e. The fourth-order valence-corrected chi connectivity index (χ4v) is 4.03. The molecule has 2 aliphatic rings. The summed E-state index contributed by atoms with van der Waals surface area (Å²) in [5.41, 5.74) is 2.40. The Hall–Kier alpha value is -1.73. The van der Waals surface area contributed by atoms with E-state index in [1.807, 2.05) is 6.92 Å². The molecule has 2 saturated heterocycles. The highest BCUT2D eigenvalue weighted by Gasteiger charge is 2.39. The number of nitrogens with zero attached hydrogens (tertiary/aromatic N) is 1. The number of piperidine rings is 1. The van der Waals surface area contributed by atoms with Crippen molar-refractivity contribution in [2.75, 3.05) is 19.6 Å². The van der Waals surface area contributed by atoms with Gasteiger partial charge in [-0.25, -0.2) is 0 Å². The van der Waals surface area contributed by atoms with E-state index in [-0.39, 0.29) is 4.90 Å². The Balaban J connectivity index is 0.000000160. The fraction of sp³-hybridized carbons (Fsp3) is 0.400. The molecule has 26 heavy (non-hydrogen) atoms. The van der Waals surface area contributed by atoms with Crippen molar-refractivity contribution in [1.82, 2.24) is 10.2 Å². The van der Waals surface area contributed by atoms with Crippen LogP contribution in [-0.2, 0) is 16.7 Å². The summed E-state index contributed by atoms with van der Waals surface area (Å²) in [6, 6.07) is 17.6. The second-order valence-corrected chi connectivity index (χ2v) is 8.44. The van der Waals surface area contributed by atoms with Gasteiger partial charge >= 0.3 is 0 Å². The molecule has 2 fully saturated rings. The summed E-state index contributed by atoms with van der Waals surface area (Å²) in [5, 5.41) is 3.49. The molecule has 2 aliphatic heterocycles. The number of rotatable bonds is 3. The van der Waals surface area contributed by atoms with E-state index in [0.717, 1.165) is 24.1 Å². The minimum absolute atomic E-state index is 0.0666. The van der Waals surface area contributed by atoms with Crippen molar-refractivity contribution in [1.29, 1.82) is 0 Å². The van der Waals surface area contributed by atoms with Crippen LogP contribution in [0.2, 0.25) is 0 Å². The van der Waals surface area contributed by atoms with Crippen molar-refractivity contribution in [3.05, 3.63) is 65.7 Å². The van der Waals surface area contributed by atoms with Crippen molar-refractivity contribution >= 4 is 10.1 Å². The molecule has 5 nitrogen and oxygen atoms in total. The molecule has 0 radical (unpaired) electrons. The second-order valence-electron chi connectivity index (χ2n) is 7.02. The largest absolute Gasteiger partial charge is 0.315 e. The van der Waals surface area contributed by atoms with Crippen LogP contribution in [0, 0.1) is 12.8 Å². The van der Waals surface area contributed by atoms with Crippen LogP contribution in [0.4, 0.5) is 0 Å². The number of likely N-dealkylation sites (tertiary alicyclic amines) is 1. The first-order valence-electron chi connectivity index (χ1n) is 8.96. The minimum atomic E-state index is -4.02. The van der Waals surface area contributed by atoms with E-state index in [4.69, 9.17) is 4.55 Å². The van der Waals surface area contributed by atoms with Crippen LogP contribution in [0.25, 0.3) is 0 Å². The number of hydrogen-bond donors (Lipinski definition) is 2. The van der Waals surface area contributed by atoms with E-state index in [1.54, 1.807) is 12.1 Å². The number of fused-ring (bicyclic) bond motifs is 1. The third-order valence-corrected chi connectivity index (χ3v) is 5.94. The summed E-state index contributed by atoms with van der Waals surface area (Å²) in [7, 11) is -4.02. The van der Waals surface area contributed by atoms with Crippen LogP contribution in [0.15, 0.2) is 59.5 Å². The molecule has 0 aromatic heterocycles. The molecule has 140 valence electrons. The molecule has 2 heterocycles. The van der Waals surface area contributed by atoms with Crippen LogP contribution in [-0.4, -0.2) is 43.5 Å². The van der Waals surface area contributed by atoms with Crippen molar-refractivity contribution in [3.8, 4) is 0 Å². The number of nitrogens with one attached hydrogen (secondary N) is 1. The van der Waals surface area contributed by atoms with E-state index in [0.29, 0.717) is 0 Å². The Labute approximate surface area is 155 Å². The first-order chi connectivity index (χ1) is 12.4. The summed E-state index contributed by atoms with van der Waals surface area (Å²) in [6.45, 7) is 6.69. The van der Waals surface area contributed by atoms with E-state index in [1.165, 1.54) is 43.8 Å². The summed E-state index contributed by atoms with van der Waals surface area (Å²) in [6.07, 6.45) is 1.37. The third-order valence-electron chi connectivity index (χ3n) is 5.07. The van der Waals surface area contributed by atoms with Crippen LogP contribution in [0.5, 0.6) is 0 Å². The molecule has 0 bridgehead atoms. The fourth-order valence-electron chi connectivity index (χ4n) is 3.55. The molecule has 6 heteroatoms. The van der Waals surface area contributed by atoms with Gasteiger partial charge in [0.2, 0.25) is 0 Å². The predicted molar refractivity (Wildman–Crippen MR) is 103 cm³/mol. The average Bonchev–Trinajstić information content (AvgIpc) is 2.61. The first-order valence-corrected chi connectivity index (χ1v) is 10.4. The summed E-state index contributed by atoms with van der Waals surface area (Å²) in [5.74, 6) is 0.968. The lowest BCUT2D eigenvalue weighted by Crippen LogP contribution is -2.62. The summed E-state index contributed by atoms with van der Waals surface area (Å²) < 4.78 is 29.6. The lowest BCUT2D eigenvalue weighted by molar-refractivity contribution is -0.0114. The van der Waals surface area contributed by atoms with E-state index in [9.17, 15) is 8.42 Å². The van der Waals surface area contributed by atoms with Gasteiger partial charge in [0.05, 0.1) is 4.90 Å². The van der Waals surface area contributed by atoms with E-state index >= 15 is 0 Å². The van der Waals surface area contributed by atoms with Gasteiger partial charge in [-0.2, -0.15) is 8.42 Å². The Kier molecular flexibility index (Phi) is 6.09. The van der Waals surface area contributed by atoms with Crippen LogP contribution in [0.3, 0.4) is 0 Å². The summed E-state index contributed by atoms with van der Waals surface area (Å²) in [4.78, 5) is 2.54.